The zero-order valence-electron chi connectivity index (χ0n) is 11.0. The van der Waals surface area contributed by atoms with Crippen molar-refractivity contribution in [1.29, 1.82) is 0 Å². The highest BCUT2D eigenvalue weighted by Gasteiger charge is 2.14. The highest BCUT2D eigenvalue weighted by Crippen LogP contribution is 2.02. The molecule has 1 amide bonds. The third kappa shape index (κ3) is 5.45. The van der Waals surface area contributed by atoms with Crippen LogP contribution in [-0.4, -0.2) is 34.9 Å². The van der Waals surface area contributed by atoms with E-state index in [4.69, 9.17) is 0 Å². The molecule has 1 rings (SSSR count). The molecule has 0 aliphatic rings. The lowest BCUT2D eigenvalue weighted by Crippen LogP contribution is -2.43. The van der Waals surface area contributed by atoms with Gasteiger partial charge in [-0.25, -0.2) is 0 Å². The Hall–Kier alpha value is -1.42. The lowest BCUT2D eigenvalue weighted by Gasteiger charge is -2.23. The van der Waals surface area contributed by atoms with Crippen LogP contribution < -0.4 is 5.32 Å². The average Bonchev–Trinajstić information content (AvgIpc) is 2.26. The smallest absolute Gasteiger partial charge is 0.236 e. The van der Waals surface area contributed by atoms with Crippen LogP contribution in [0.2, 0.25) is 0 Å². The number of likely N-dealkylation sites (N-methyl/N-ethyl adjacent to an activating group) is 1. The zero-order valence-corrected chi connectivity index (χ0v) is 11.0. The molecule has 1 heterocycles. The van der Waals surface area contributed by atoms with Crippen LogP contribution in [-0.2, 0) is 11.3 Å². The molecule has 0 bridgehead atoms. The molecular formula is C13H21N3O. The van der Waals surface area contributed by atoms with Crippen LogP contribution in [0.15, 0.2) is 24.5 Å². The fourth-order valence-electron chi connectivity index (χ4n) is 1.33. The molecule has 1 N–H and O–H groups in total. The van der Waals surface area contributed by atoms with Crippen molar-refractivity contribution < 1.29 is 4.79 Å². The fraction of sp³-hybridized carbons (Fsp3) is 0.538. The summed E-state index contributed by atoms with van der Waals surface area (Å²) in [5.74, 6) is 0.0942. The number of carbonyl (C=O) groups excluding carboxylic acids is 1. The zero-order chi connectivity index (χ0) is 12.9. The number of aromatic nitrogens is 1. The van der Waals surface area contributed by atoms with E-state index in [0.29, 0.717) is 13.1 Å². The molecule has 0 unspecified atom stereocenters. The second-order valence-corrected chi connectivity index (χ2v) is 5.21. The molecule has 0 radical (unpaired) electrons. The van der Waals surface area contributed by atoms with Gasteiger partial charge in [0.05, 0.1) is 6.54 Å². The van der Waals surface area contributed by atoms with Crippen molar-refractivity contribution in [2.45, 2.75) is 32.9 Å². The molecular weight excluding hydrogens is 214 g/mol. The van der Waals surface area contributed by atoms with E-state index in [-0.39, 0.29) is 11.4 Å². The summed E-state index contributed by atoms with van der Waals surface area (Å²) in [7, 11) is 1.81. The molecule has 4 nitrogen and oxygen atoms in total. The average molecular weight is 235 g/mol. The van der Waals surface area contributed by atoms with E-state index in [9.17, 15) is 4.79 Å². The Kier molecular flexibility index (Phi) is 4.63. The van der Waals surface area contributed by atoms with Crippen LogP contribution in [0.1, 0.15) is 26.3 Å². The highest BCUT2D eigenvalue weighted by molar-refractivity contribution is 5.78. The second-order valence-electron chi connectivity index (χ2n) is 5.21. The summed E-state index contributed by atoms with van der Waals surface area (Å²) in [6.07, 6.45) is 3.47. The van der Waals surface area contributed by atoms with Crippen LogP contribution in [0.3, 0.4) is 0 Å². The first-order chi connectivity index (χ1) is 7.88. The molecule has 0 spiro atoms. The molecule has 0 aromatic carbocycles. The van der Waals surface area contributed by atoms with Gasteiger partial charge in [0.1, 0.15) is 0 Å². The summed E-state index contributed by atoms with van der Waals surface area (Å²) in [4.78, 5) is 17.5. The van der Waals surface area contributed by atoms with Gasteiger partial charge in [0.15, 0.2) is 0 Å². The third-order valence-electron chi connectivity index (χ3n) is 2.36. The molecule has 0 atom stereocenters. The Labute approximate surface area is 103 Å². The van der Waals surface area contributed by atoms with Crippen LogP contribution in [0.5, 0.6) is 0 Å². The summed E-state index contributed by atoms with van der Waals surface area (Å²) in [5, 5.41) is 3.18. The third-order valence-corrected chi connectivity index (χ3v) is 2.36. The largest absolute Gasteiger partial charge is 0.340 e. The van der Waals surface area contributed by atoms with Gasteiger partial charge in [0.25, 0.3) is 0 Å². The molecule has 94 valence electrons. The Morgan fingerprint density at radius 1 is 1.35 bits per heavy atom. The number of hydrogen-bond acceptors (Lipinski definition) is 3. The number of pyridine rings is 1. The number of carbonyl (C=O) groups is 1. The van der Waals surface area contributed by atoms with Crippen molar-refractivity contribution in [3.05, 3.63) is 30.1 Å². The van der Waals surface area contributed by atoms with Crippen molar-refractivity contribution in [2.24, 2.45) is 0 Å². The summed E-state index contributed by atoms with van der Waals surface area (Å²) in [6, 6.07) is 3.84. The van der Waals surface area contributed by atoms with Crippen molar-refractivity contribution in [3.63, 3.8) is 0 Å². The maximum atomic E-state index is 11.8. The lowest BCUT2D eigenvalue weighted by atomic mass is 10.1. The summed E-state index contributed by atoms with van der Waals surface area (Å²) >= 11 is 0. The molecule has 4 heteroatoms. The molecule has 0 aliphatic carbocycles. The van der Waals surface area contributed by atoms with Gasteiger partial charge in [-0.3, -0.25) is 9.78 Å². The number of nitrogens with one attached hydrogen (secondary N) is 1. The minimum Gasteiger partial charge on any atom is -0.340 e. The van der Waals surface area contributed by atoms with Crippen molar-refractivity contribution in [3.8, 4) is 0 Å². The van der Waals surface area contributed by atoms with Gasteiger partial charge in [0, 0.05) is 31.5 Å². The molecule has 0 aliphatic heterocycles. The van der Waals surface area contributed by atoms with Gasteiger partial charge < -0.3 is 10.2 Å². The highest BCUT2D eigenvalue weighted by atomic mass is 16.2. The predicted octanol–water partition coefficient (Wildman–Crippen LogP) is 1.43. The first-order valence-electron chi connectivity index (χ1n) is 5.76. The van der Waals surface area contributed by atoms with Crippen LogP contribution in [0, 0.1) is 0 Å². The molecule has 1 aromatic rings. The van der Waals surface area contributed by atoms with E-state index in [0.717, 1.165) is 5.56 Å². The summed E-state index contributed by atoms with van der Waals surface area (Å²) < 4.78 is 0. The standard InChI is InChI=1S/C13H21N3O/c1-13(2,3)15-9-12(17)16(4)10-11-5-7-14-8-6-11/h5-8,15H,9-10H2,1-4H3. The number of hydrogen-bond donors (Lipinski definition) is 1. The topological polar surface area (TPSA) is 45.2 Å². The van der Waals surface area contributed by atoms with Crippen LogP contribution >= 0.6 is 0 Å². The number of rotatable bonds is 4. The van der Waals surface area contributed by atoms with Crippen molar-refractivity contribution >= 4 is 5.91 Å². The Morgan fingerprint density at radius 3 is 2.47 bits per heavy atom. The van der Waals surface area contributed by atoms with E-state index in [1.165, 1.54) is 0 Å². The molecule has 0 saturated carbocycles. The predicted molar refractivity (Wildman–Crippen MR) is 68.5 cm³/mol. The molecule has 17 heavy (non-hydrogen) atoms. The minimum absolute atomic E-state index is 0.0346. The van der Waals surface area contributed by atoms with Gasteiger partial charge >= 0.3 is 0 Å². The summed E-state index contributed by atoms with van der Waals surface area (Å²) in [6.45, 7) is 7.12. The Bertz CT molecular complexity index is 357. The first-order valence-corrected chi connectivity index (χ1v) is 5.76. The van der Waals surface area contributed by atoms with Gasteiger partial charge in [0.2, 0.25) is 5.91 Å². The molecule has 0 saturated heterocycles. The van der Waals surface area contributed by atoms with E-state index < -0.39 is 0 Å². The normalized spacial score (nSPS) is 11.3. The number of nitrogens with zero attached hydrogens (tertiary/aromatic N) is 2. The Balaban J connectivity index is 2.43. The van der Waals surface area contributed by atoms with Crippen molar-refractivity contribution in [2.75, 3.05) is 13.6 Å². The van der Waals surface area contributed by atoms with Gasteiger partial charge in [-0.1, -0.05) is 0 Å². The summed E-state index contributed by atoms with van der Waals surface area (Å²) in [5.41, 5.74) is 1.05. The van der Waals surface area contributed by atoms with Gasteiger partial charge in [-0.2, -0.15) is 0 Å². The quantitative estimate of drug-likeness (QED) is 0.858. The van der Waals surface area contributed by atoms with E-state index in [1.807, 2.05) is 40.0 Å². The molecule has 0 fully saturated rings. The maximum absolute atomic E-state index is 11.8. The maximum Gasteiger partial charge on any atom is 0.236 e. The fourth-order valence-corrected chi connectivity index (χ4v) is 1.33. The minimum atomic E-state index is -0.0346. The van der Waals surface area contributed by atoms with E-state index in [2.05, 4.69) is 10.3 Å². The number of amides is 1. The lowest BCUT2D eigenvalue weighted by molar-refractivity contribution is -0.129. The molecule has 1 aromatic heterocycles. The van der Waals surface area contributed by atoms with Crippen LogP contribution in [0.25, 0.3) is 0 Å². The Morgan fingerprint density at radius 2 is 1.94 bits per heavy atom. The second kappa shape index (κ2) is 5.77. The van der Waals surface area contributed by atoms with Gasteiger partial charge in [-0.05, 0) is 38.5 Å². The first kappa shape index (κ1) is 13.6. The van der Waals surface area contributed by atoms with Crippen LogP contribution in [0.4, 0.5) is 0 Å². The van der Waals surface area contributed by atoms with Gasteiger partial charge in [-0.15, -0.1) is 0 Å². The SMILES string of the molecule is CN(Cc1ccncc1)C(=O)CNC(C)(C)C. The monoisotopic (exact) mass is 235 g/mol. The van der Waals surface area contributed by atoms with E-state index >= 15 is 0 Å². The van der Waals surface area contributed by atoms with E-state index in [1.54, 1.807) is 17.3 Å². The van der Waals surface area contributed by atoms with Crippen molar-refractivity contribution in [1.82, 2.24) is 15.2 Å².